The molecule has 104 valence electrons. The second-order valence-corrected chi connectivity index (χ2v) is 7.95. The molecular weight excluding hydrogens is 444 g/mol. The number of aryl methyl sites for hydroxylation is 2. The lowest BCUT2D eigenvalue weighted by Gasteiger charge is -2.19. The molecule has 0 N–H and O–H groups in total. The summed E-state index contributed by atoms with van der Waals surface area (Å²) in [6.07, 6.45) is 5.13. The van der Waals surface area contributed by atoms with Crippen LogP contribution in [0.25, 0.3) is 0 Å². The molecule has 0 nitrogen and oxygen atoms in total. The molecule has 1 aliphatic carbocycles. The topological polar surface area (TPSA) is 0 Å². The summed E-state index contributed by atoms with van der Waals surface area (Å²) < 4.78 is 2.23. The van der Waals surface area contributed by atoms with E-state index in [1.54, 1.807) is 0 Å². The van der Waals surface area contributed by atoms with Crippen molar-refractivity contribution in [1.82, 2.24) is 0 Å². The molecule has 0 saturated heterocycles. The highest BCUT2D eigenvalue weighted by atomic mass is 79.9. The summed E-state index contributed by atoms with van der Waals surface area (Å²) in [6, 6.07) is 13.3. The van der Waals surface area contributed by atoms with E-state index in [1.807, 2.05) is 0 Å². The maximum Gasteiger partial charge on any atom is 0.0655 e. The summed E-state index contributed by atoms with van der Waals surface area (Å²) >= 11 is 11.0. The Balaban J connectivity index is 1.95. The van der Waals surface area contributed by atoms with Crippen LogP contribution in [0.15, 0.2) is 45.3 Å². The molecule has 1 atom stereocenters. The number of benzene rings is 2. The van der Waals surface area contributed by atoms with Gasteiger partial charge in [0.05, 0.1) is 4.83 Å². The first-order valence-corrected chi connectivity index (χ1v) is 9.36. The molecule has 0 heterocycles. The molecule has 1 unspecified atom stereocenters. The molecule has 0 aliphatic heterocycles. The van der Waals surface area contributed by atoms with Gasteiger partial charge in [-0.05, 0) is 60.1 Å². The van der Waals surface area contributed by atoms with Gasteiger partial charge in [0.15, 0.2) is 0 Å². The van der Waals surface area contributed by atoms with Crippen LogP contribution in [0, 0.1) is 0 Å². The minimum atomic E-state index is 0.234. The van der Waals surface area contributed by atoms with E-state index in [9.17, 15) is 0 Å². The van der Waals surface area contributed by atoms with Crippen LogP contribution in [0.4, 0.5) is 0 Å². The summed E-state index contributed by atoms with van der Waals surface area (Å²) in [4.78, 5) is 0.234. The zero-order valence-electron chi connectivity index (χ0n) is 11.0. The minimum Gasteiger partial charge on any atom is -0.0786 e. The van der Waals surface area contributed by atoms with Crippen molar-refractivity contribution in [3.05, 3.63) is 67.6 Å². The minimum absolute atomic E-state index is 0.234. The Morgan fingerprint density at radius 1 is 0.850 bits per heavy atom. The molecule has 0 amide bonds. The van der Waals surface area contributed by atoms with Crippen molar-refractivity contribution in [2.75, 3.05) is 0 Å². The van der Waals surface area contributed by atoms with E-state index in [0.717, 1.165) is 8.95 Å². The number of halogens is 3. The zero-order valence-corrected chi connectivity index (χ0v) is 15.8. The Morgan fingerprint density at radius 3 is 2.35 bits per heavy atom. The molecule has 0 bridgehead atoms. The summed E-state index contributed by atoms with van der Waals surface area (Å²) in [6.45, 7) is 0. The van der Waals surface area contributed by atoms with Crippen molar-refractivity contribution in [2.24, 2.45) is 0 Å². The van der Waals surface area contributed by atoms with Gasteiger partial charge in [0.25, 0.3) is 0 Å². The van der Waals surface area contributed by atoms with Crippen LogP contribution < -0.4 is 0 Å². The Hall–Kier alpha value is -0.120. The summed E-state index contributed by atoms with van der Waals surface area (Å²) in [5, 5.41) is 0. The highest BCUT2D eigenvalue weighted by molar-refractivity contribution is 9.11. The van der Waals surface area contributed by atoms with Crippen molar-refractivity contribution in [3.63, 3.8) is 0 Å². The van der Waals surface area contributed by atoms with Crippen LogP contribution in [-0.4, -0.2) is 0 Å². The molecule has 0 saturated carbocycles. The third-order valence-corrected chi connectivity index (χ3v) is 6.10. The van der Waals surface area contributed by atoms with Gasteiger partial charge in [-0.3, -0.25) is 0 Å². The lowest BCUT2D eigenvalue weighted by molar-refractivity contribution is 0.684. The monoisotopic (exact) mass is 456 g/mol. The molecule has 0 fully saturated rings. The molecule has 2 aromatic rings. The van der Waals surface area contributed by atoms with E-state index >= 15 is 0 Å². The predicted octanol–water partition coefficient (Wildman–Crippen LogP) is 6.57. The lowest BCUT2D eigenvalue weighted by Crippen LogP contribution is -2.04. The first kappa shape index (κ1) is 14.8. The SMILES string of the molecule is Brc1ccc(C(Br)c2ccc3c(c2)CCCC3)c(Br)c1. The van der Waals surface area contributed by atoms with Gasteiger partial charge in [0.2, 0.25) is 0 Å². The van der Waals surface area contributed by atoms with E-state index in [2.05, 4.69) is 84.2 Å². The largest absolute Gasteiger partial charge is 0.0786 e. The fraction of sp³-hybridized carbons (Fsp3) is 0.294. The second-order valence-electron chi connectivity index (χ2n) is 5.26. The Labute approximate surface area is 145 Å². The summed E-state index contributed by atoms with van der Waals surface area (Å²) in [7, 11) is 0. The Kier molecular flexibility index (Phi) is 4.68. The maximum absolute atomic E-state index is 3.85. The predicted molar refractivity (Wildman–Crippen MR) is 95.7 cm³/mol. The fourth-order valence-corrected chi connectivity index (χ4v) is 5.06. The van der Waals surface area contributed by atoms with Crippen LogP contribution in [-0.2, 0) is 12.8 Å². The van der Waals surface area contributed by atoms with Gasteiger partial charge in [0.1, 0.15) is 0 Å². The molecule has 0 spiro atoms. The molecule has 0 radical (unpaired) electrons. The number of alkyl halides is 1. The molecule has 2 aromatic carbocycles. The number of hydrogen-bond acceptors (Lipinski definition) is 0. The third kappa shape index (κ3) is 3.05. The van der Waals surface area contributed by atoms with E-state index < -0.39 is 0 Å². The van der Waals surface area contributed by atoms with Gasteiger partial charge in [-0.15, -0.1) is 0 Å². The molecule has 3 rings (SSSR count). The molecule has 0 aromatic heterocycles. The number of hydrogen-bond donors (Lipinski definition) is 0. The Bertz CT molecular complexity index is 634. The van der Waals surface area contributed by atoms with Crippen LogP contribution in [0.2, 0.25) is 0 Å². The van der Waals surface area contributed by atoms with Crippen LogP contribution >= 0.6 is 47.8 Å². The van der Waals surface area contributed by atoms with Gasteiger partial charge >= 0.3 is 0 Å². The summed E-state index contributed by atoms with van der Waals surface area (Å²) in [5.74, 6) is 0. The van der Waals surface area contributed by atoms with E-state index in [-0.39, 0.29) is 4.83 Å². The molecule has 1 aliphatic rings. The van der Waals surface area contributed by atoms with Gasteiger partial charge in [-0.1, -0.05) is 72.1 Å². The van der Waals surface area contributed by atoms with Crippen LogP contribution in [0.1, 0.15) is 39.9 Å². The Morgan fingerprint density at radius 2 is 1.60 bits per heavy atom. The van der Waals surface area contributed by atoms with E-state index in [0.29, 0.717) is 0 Å². The van der Waals surface area contributed by atoms with Crippen molar-refractivity contribution in [1.29, 1.82) is 0 Å². The van der Waals surface area contributed by atoms with E-state index in [4.69, 9.17) is 0 Å². The standard InChI is InChI=1S/C17H15Br3/c18-14-7-8-15(16(19)10-14)17(20)13-6-5-11-3-1-2-4-12(11)9-13/h5-10,17H,1-4H2. The van der Waals surface area contributed by atoms with Crippen molar-refractivity contribution >= 4 is 47.8 Å². The van der Waals surface area contributed by atoms with E-state index in [1.165, 1.54) is 47.9 Å². The highest BCUT2D eigenvalue weighted by Gasteiger charge is 2.16. The van der Waals surface area contributed by atoms with Gasteiger partial charge in [-0.25, -0.2) is 0 Å². The smallest absolute Gasteiger partial charge is 0.0655 e. The maximum atomic E-state index is 3.85. The zero-order chi connectivity index (χ0) is 14.1. The van der Waals surface area contributed by atoms with Crippen LogP contribution in [0.3, 0.4) is 0 Å². The molecule has 3 heteroatoms. The number of rotatable bonds is 2. The third-order valence-electron chi connectivity index (χ3n) is 3.90. The first-order chi connectivity index (χ1) is 9.65. The van der Waals surface area contributed by atoms with Crippen molar-refractivity contribution < 1.29 is 0 Å². The van der Waals surface area contributed by atoms with Gasteiger partial charge < -0.3 is 0 Å². The van der Waals surface area contributed by atoms with Gasteiger partial charge in [-0.2, -0.15) is 0 Å². The van der Waals surface area contributed by atoms with Crippen LogP contribution in [0.5, 0.6) is 0 Å². The number of fused-ring (bicyclic) bond motifs is 1. The molecular formula is C17H15Br3. The first-order valence-electron chi connectivity index (χ1n) is 6.86. The average molecular weight is 459 g/mol. The molecule has 20 heavy (non-hydrogen) atoms. The normalized spacial score (nSPS) is 15.8. The second kappa shape index (κ2) is 6.33. The quantitative estimate of drug-likeness (QED) is 0.446. The fourth-order valence-electron chi connectivity index (χ4n) is 2.80. The van der Waals surface area contributed by atoms with Crippen molar-refractivity contribution in [3.8, 4) is 0 Å². The average Bonchev–Trinajstić information content (AvgIpc) is 2.46. The highest BCUT2D eigenvalue weighted by Crippen LogP contribution is 2.37. The van der Waals surface area contributed by atoms with Crippen molar-refractivity contribution in [2.45, 2.75) is 30.5 Å². The lowest BCUT2D eigenvalue weighted by atomic mass is 9.89. The van der Waals surface area contributed by atoms with Gasteiger partial charge in [0, 0.05) is 8.95 Å². The summed E-state index contributed by atoms with van der Waals surface area (Å²) in [5.41, 5.74) is 5.68.